The fourth-order valence-corrected chi connectivity index (χ4v) is 5.77. The molecule has 0 aliphatic heterocycles. The molecule has 1 aromatic heterocycles. The Balaban J connectivity index is 1.62. The van der Waals surface area contributed by atoms with Crippen LogP contribution in [0.25, 0.3) is 0 Å². The lowest BCUT2D eigenvalue weighted by Gasteiger charge is -2.40. The van der Waals surface area contributed by atoms with Crippen LogP contribution in [0.2, 0.25) is 10.0 Å². The number of rotatable bonds is 9. The van der Waals surface area contributed by atoms with E-state index in [-0.39, 0.29) is 17.6 Å². The standard InChI is InChI=1S/C25H27Cl2N5O2S/c1-2-32(21(33)15-35-24-28-16-29-31-24)25(13-5-6-14-25)23(34)30-22(17-9-11-18(26)12-10-17)19-7-3-4-8-20(19)27/h3-4,7-12,16,22H,2,5-6,13-15H2,1H3,(H,30,34)(H,28,29,31)/t22-/m0/s1. The number of nitrogens with zero attached hydrogens (tertiary/aromatic N) is 3. The first kappa shape index (κ1) is 25.5. The van der Waals surface area contributed by atoms with Crippen LogP contribution in [-0.4, -0.2) is 49.7 Å². The molecule has 0 saturated heterocycles. The number of thioether (sulfide) groups is 1. The molecule has 0 unspecified atom stereocenters. The van der Waals surface area contributed by atoms with E-state index in [4.69, 9.17) is 23.2 Å². The number of halogens is 2. The van der Waals surface area contributed by atoms with Gasteiger partial charge >= 0.3 is 0 Å². The summed E-state index contributed by atoms with van der Waals surface area (Å²) in [6.45, 7) is 2.34. The van der Waals surface area contributed by atoms with Gasteiger partial charge in [0.2, 0.25) is 11.8 Å². The van der Waals surface area contributed by atoms with Crippen molar-refractivity contribution in [1.29, 1.82) is 0 Å². The van der Waals surface area contributed by atoms with E-state index in [1.807, 2.05) is 37.3 Å². The average Bonchev–Trinajstić information content (AvgIpc) is 3.56. The Labute approximate surface area is 219 Å². The second-order valence-corrected chi connectivity index (χ2v) is 10.2. The number of hydrogen-bond donors (Lipinski definition) is 2. The van der Waals surface area contributed by atoms with Crippen LogP contribution in [0.3, 0.4) is 0 Å². The summed E-state index contributed by atoms with van der Waals surface area (Å²) < 4.78 is 0. The van der Waals surface area contributed by atoms with Gasteiger partial charge in [0.15, 0.2) is 5.16 Å². The molecule has 0 bridgehead atoms. The number of carbonyl (C=O) groups excluding carboxylic acids is 2. The van der Waals surface area contributed by atoms with E-state index in [1.165, 1.54) is 18.1 Å². The van der Waals surface area contributed by atoms with E-state index in [9.17, 15) is 9.59 Å². The number of H-pyrrole nitrogens is 1. The van der Waals surface area contributed by atoms with Gasteiger partial charge in [0.1, 0.15) is 11.9 Å². The molecule has 1 heterocycles. The lowest BCUT2D eigenvalue weighted by atomic mass is 9.91. The Kier molecular flexibility index (Phi) is 8.36. The van der Waals surface area contributed by atoms with Gasteiger partial charge in [-0.1, -0.05) is 78.1 Å². The van der Waals surface area contributed by atoms with Crippen LogP contribution in [0.4, 0.5) is 0 Å². The first-order valence-corrected chi connectivity index (χ1v) is 13.3. The molecule has 184 valence electrons. The Morgan fingerprint density at radius 1 is 1.14 bits per heavy atom. The number of aromatic nitrogens is 3. The van der Waals surface area contributed by atoms with Crippen LogP contribution in [0, 0.1) is 0 Å². The predicted octanol–water partition coefficient (Wildman–Crippen LogP) is 5.27. The Morgan fingerprint density at radius 2 is 1.86 bits per heavy atom. The van der Waals surface area contributed by atoms with Gasteiger partial charge in [-0.3, -0.25) is 14.7 Å². The zero-order valence-electron chi connectivity index (χ0n) is 19.3. The molecule has 2 amide bonds. The van der Waals surface area contributed by atoms with Crippen molar-refractivity contribution in [2.75, 3.05) is 12.3 Å². The lowest BCUT2D eigenvalue weighted by molar-refractivity contribution is -0.146. The molecule has 35 heavy (non-hydrogen) atoms. The SMILES string of the molecule is CCN(C(=O)CSc1ncn[nH]1)C1(C(=O)N[C@@H](c2ccc(Cl)cc2)c2ccccc2Cl)CCCC1. The van der Waals surface area contributed by atoms with Gasteiger partial charge in [0.05, 0.1) is 11.8 Å². The third kappa shape index (κ3) is 5.66. The lowest BCUT2D eigenvalue weighted by Crippen LogP contribution is -2.60. The van der Waals surface area contributed by atoms with Crippen molar-refractivity contribution < 1.29 is 9.59 Å². The quantitative estimate of drug-likeness (QED) is 0.367. The Morgan fingerprint density at radius 3 is 2.49 bits per heavy atom. The number of amides is 2. The van der Waals surface area contributed by atoms with E-state index in [1.54, 1.807) is 23.1 Å². The third-order valence-corrected chi connectivity index (χ3v) is 7.87. The zero-order chi connectivity index (χ0) is 24.8. The average molecular weight is 532 g/mol. The van der Waals surface area contributed by atoms with Crippen molar-refractivity contribution in [2.24, 2.45) is 0 Å². The maximum atomic E-state index is 14.0. The van der Waals surface area contributed by atoms with Gasteiger partial charge in [-0.05, 0) is 49.1 Å². The highest BCUT2D eigenvalue weighted by atomic mass is 35.5. The van der Waals surface area contributed by atoms with Gasteiger partial charge in [0, 0.05) is 16.6 Å². The van der Waals surface area contributed by atoms with Gasteiger partial charge in [0.25, 0.3) is 0 Å². The molecule has 0 spiro atoms. The molecule has 1 fully saturated rings. The summed E-state index contributed by atoms with van der Waals surface area (Å²) in [5.74, 6) is -0.107. The third-order valence-electron chi connectivity index (χ3n) is 6.41. The topological polar surface area (TPSA) is 91.0 Å². The van der Waals surface area contributed by atoms with Crippen LogP contribution < -0.4 is 5.32 Å². The van der Waals surface area contributed by atoms with E-state index >= 15 is 0 Å². The molecule has 1 aliphatic rings. The summed E-state index contributed by atoms with van der Waals surface area (Å²) in [7, 11) is 0. The highest BCUT2D eigenvalue weighted by Gasteiger charge is 2.48. The summed E-state index contributed by atoms with van der Waals surface area (Å²) in [4.78, 5) is 33.1. The number of nitrogens with one attached hydrogen (secondary N) is 2. The fourth-order valence-electron chi connectivity index (χ4n) is 4.74. The van der Waals surface area contributed by atoms with Crippen LogP contribution in [0.15, 0.2) is 60.0 Å². The van der Waals surface area contributed by atoms with Gasteiger partial charge in [-0.15, -0.1) is 0 Å². The maximum Gasteiger partial charge on any atom is 0.246 e. The normalized spacial score (nSPS) is 15.5. The predicted molar refractivity (Wildman–Crippen MR) is 139 cm³/mol. The van der Waals surface area contributed by atoms with Crippen LogP contribution >= 0.6 is 35.0 Å². The number of carbonyl (C=O) groups is 2. The minimum Gasteiger partial charge on any atom is -0.343 e. The first-order chi connectivity index (χ1) is 16.9. The highest BCUT2D eigenvalue weighted by Crippen LogP contribution is 2.38. The molecular weight excluding hydrogens is 505 g/mol. The Hall–Kier alpha value is -2.55. The molecule has 4 rings (SSSR count). The number of likely N-dealkylation sites (N-methyl/N-ethyl adjacent to an activating group) is 1. The van der Waals surface area contributed by atoms with Gasteiger partial charge < -0.3 is 10.2 Å². The van der Waals surface area contributed by atoms with Crippen molar-refractivity contribution in [2.45, 2.75) is 49.3 Å². The van der Waals surface area contributed by atoms with E-state index in [0.717, 1.165) is 24.0 Å². The van der Waals surface area contributed by atoms with Crippen molar-refractivity contribution in [3.05, 3.63) is 76.0 Å². The summed E-state index contributed by atoms with van der Waals surface area (Å²) in [5, 5.41) is 11.5. The highest BCUT2D eigenvalue weighted by molar-refractivity contribution is 7.99. The molecule has 1 aliphatic carbocycles. The largest absolute Gasteiger partial charge is 0.343 e. The van der Waals surface area contributed by atoms with Crippen LogP contribution in [-0.2, 0) is 9.59 Å². The summed E-state index contributed by atoms with van der Waals surface area (Å²) in [5.41, 5.74) is 0.729. The molecule has 2 N–H and O–H groups in total. The summed E-state index contributed by atoms with van der Waals surface area (Å²) in [6, 6.07) is 14.3. The van der Waals surface area contributed by atoms with Crippen molar-refractivity contribution in [1.82, 2.24) is 25.4 Å². The summed E-state index contributed by atoms with van der Waals surface area (Å²) in [6.07, 6.45) is 4.39. The second-order valence-electron chi connectivity index (χ2n) is 8.44. The molecule has 1 atom stereocenters. The number of hydrogen-bond acceptors (Lipinski definition) is 5. The molecule has 7 nitrogen and oxygen atoms in total. The minimum absolute atomic E-state index is 0.105. The Bertz CT molecular complexity index is 1150. The van der Waals surface area contributed by atoms with E-state index in [0.29, 0.717) is 34.6 Å². The zero-order valence-corrected chi connectivity index (χ0v) is 21.7. The van der Waals surface area contributed by atoms with Crippen LogP contribution in [0.5, 0.6) is 0 Å². The van der Waals surface area contributed by atoms with Crippen LogP contribution in [0.1, 0.15) is 49.8 Å². The van der Waals surface area contributed by atoms with E-state index < -0.39 is 11.6 Å². The van der Waals surface area contributed by atoms with Gasteiger partial charge in [-0.2, -0.15) is 5.10 Å². The van der Waals surface area contributed by atoms with Crippen molar-refractivity contribution in [3.8, 4) is 0 Å². The molecule has 10 heteroatoms. The molecule has 3 aromatic rings. The molecular formula is C25H27Cl2N5O2S. The van der Waals surface area contributed by atoms with E-state index in [2.05, 4.69) is 20.5 Å². The number of benzene rings is 2. The maximum absolute atomic E-state index is 14.0. The minimum atomic E-state index is -0.917. The van der Waals surface area contributed by atoms with Crippen molar-refractivity contribution >= 4 is 46.8 Å². The first-order valence-electron chi connectivity index (χ1n) is 11.5. The second kappa shape index (κ2) is 11.5. The molecule has 1 saturated carbocycles. The summed E-state index contributed by atoms with van der Waals surface area (Å²) >= 11 is 13.9. The van der Waals surface area contributed by atoms with Gasteiger partial charge in [-0.25, -0.2) is 4.98 Å². The molecule has 2 aromatic carbocycles. The smallest absolute Gasteiger partial charge is 0.246 e. The molecule has 0 radical (unpaired) electrons. The number of aromatic amines is 1. The van der Waals surface area contributed by atoms with Crippen molar-refractivity contribution in [3.63, 3.8) is 0 Å². The monoisotopic (exact) mass is 531 g/mol. The fraction of sp³-hybridized carbons (Fsp3) is 0.360.